The van der Waals surface area contributed by atoms with Gasteiger partial charge in [0.2, 0.25) is 5.95 Å². The van der Waals surface area contributed by atoms with E-state index in [1.54, 1.807) is 6.07 Å². The molecule has 3 aromatic heterocycles. The number of carbonyl (C=O) groups is 1. The molecule has 2 fully saturated rings. The summed E-state index contributed by atoms with van der Waals surface area (Å²) in [4.78, 5) is 20.3. The van der Waals surface area contributed by atoms with Crippen molar-refractivity contribution in [1.29, 1.82) is 0 Å². The first-order valence-corrected chi connectivity index (χ1v) is 11.6. The minimum absolute atomic E-state index is 0.0131. The maximum absolute atomic E-state index is 15.1. The highest BCUT2D eigenvalue weighted by Gasteiger charge is 2.43. The SMILES string of the molecule is CC1(NC(=O)O[C@@H]2CC[C@H](c3cc(Nc4nc(Cl)cc5nc(COC(F)(F)F)cn45)n[nH]3)[C@H]2F)CC1. The van der Waals surface area contributed by atoms with Crippen molar-refractivity contribution in [1.82, 2.24) is 29.9 Å². The lowest BCUT2D eigenvalue weighted by molar-refractivity contribution is -0.330. The molecule has 0 aliphatic heterocycles. The lowest BCUT2D eigenvalue weighted by Crippen LogP contribution is -2.38. The molecule has 194 valence electrons. The number of amides is 1. The van der Waals surface area contributed by atoms with Crippen molar-refractivity contribution >= 4 is 35.1 Å². The Morgan fingerprint density at radius 2 is 2.08 bits per heavy atom. The van der Waals surface area contributed by atoms with Crippen LogP contribution in [0.5, 0.6) is 0 Å². The van der Waals surface area contributed by atoms with Crippen LogP contribution in [0.3, 0.4) is 0 Å². The average molecular weight is 532 g/mol. The van der Waals surface area contributed by atoms with Gasteiger partial charge in [0.1, 0.15) is 23.1 Å². The van der Waals surface area contributed by atoms with Crippen LogP contribution >= 0.6 is 11.6 Å². The van der Waals surface area contributed by atoms with Crippen molar-refractivity contribution in [3.63, 3.8) is 0 Å². The molecule has 36 heavy (non-hydrogen) atoms. The van der Waals surface area contributed by atoms with E-state index in [2.05, 4.69) is 35.5 Å². The summed E-state index contributed by atoms with van der Waals surface area (Å²) < 4.78 is 62.7. The molecule has 0 radical (unpaired) electrons. The number of halogens is 5. The Morgan fingerprint density at radius 3 is 2.81 bits per heavy atom. The van der Waals surface area contributed by atoms with E-state index in [4.69, 9.17) is 16.3 Å². The number of rotatable bonds is 7. The monoisotopic (exact) mass is 531 g/mol. The Morgan fingerprint density at radius 1 is 1.31 bits per heavy atom. The van der Waals surface area contributed by atoms with Gasteiger partial charge in [-0.3, -0.25) is 14.2 Å². The van der Waals surface area contributed by atoms with Gasteiger partial charge >= 0.3 is 12.5 Å². The van der Waals surface area contributed by atoms with Gasteiger partial charge in [-0.2, -0.15) is 5.10 Å². The van der Waals surface area contributed by atoms with Crippen LogP contribution in [0.1, 0.15) is 49.9 Å². The fourth-order valence-electron chi connectivity index (χ4n) is 4.13. The highest BCUT2D eigenvalue weighted by atomic mass is 35.5. The van der Waals surface area contributed by atoms with Crippen molar-refractivity contribution in [2.24, 2.45) is 0 Å². The molecule has 2 saturated carbocycles. The highest BCUT2D eigenvalue weighted by molar-refractivity contribution is 6.29. The number of nitrogens with zero attached hydrogens (tertiary/aromatic N) is 4. The molecule has 5 rings (SSSR count). The molecule has 0 spiro atoms. The summed E-state index contributed by atoms with van der Waals surface area (Å²) in [5.74, 6) is -0.149. The molecule has 3 atom stereocenters. The van der Waals surface area contributed by atoms with E-state index in [0.29, 0.717) is 18.5 Å². The number of imidazole rings is 1. The fraction of sp³-hybridized carbons (Fsp3) is 0.524. The molecule has 10 nitrogen and oxygen atoms in total. The maximum Gasteiger partial charge on any atom is 0.522 e. The van der Waals surface area contributed by atoms with Crippen LogP contribution in [0.25, 0.3) is 5.65 Å². The Hall–Kier alpha value is -3.13. The second kappa shape index (κ2) is 9.07. The van der Waals surface area contributed by atoms with Gasteiger partial charge in [0, 0.05) is 35.5 Å². The van der Waals surface area contributed by atoms with Crippen molar-refractivity contribution in [3.8, 4) is 0 Å². The van der Waals surface area contributed by atoms with Crippen LogP contribution in [0.15, 0.2) is 18.3 Å². The first-order valence-electron chi connectivity index (χ1n) is 11.2. The standard InChI is InChI=1S/C21H22ClF4N7O3/c1-20(4-5-20)30-19(34)36-13-3-2-11(17(13)23)12-6-15(32-31-12)29-18-28-14(22)7-16-27-10(8-33(16)18)9-35-21(24,25)26/h6-8,11,13,17H,2-5,9H2,1H3,(H,30,34)(H2,28,29,31,32)/t11-,13-,17-/m1/s1. The summed E-state index contributed by atoms with van der Waals surface area (Å²) in [6.07, 6.45) is -3.83. The second-order valence-corrected chi connectivity index (χ2v) is 9.58. The molecule has 15 heteroatoms. The van der Waals surface area contributed by atoms with E-state index in [0.717, 1.165) is 12.8 Å². The smallest absolute Gasteiger partial charge is 0.443 e. The number of hydrogen-bond acceptors (Lipinski definition) is 7. The Labute approximate surface area is 206 Å². The summed E-state index contributed by atoms with van der Waals surface area (Å²) in [7, 11) is 0. The third kappa shape index (κ3) is 5.48. The minimum atomic E-state index is -4.80. The van der Waals surface area contributed by atoms with Crippen molar-refractivity contribution in [2.75, 3.05) is 5.32 Å². The number of alkyl halides is 4. The van der Waals surface area contributed by atoms with Gasteiger partial charge in [0.05, 0.1) is 12.3 Å². The molecule has 2 aliphatic rings. The summed E-state index contributed by atoms with van der Waals surface area (Å²) in [5, 5.41) is 12.6. The lowest BCUT2D eigenvalue weighted by atomic mass is 10.0. The number of aromatic amines is 1. The van der Waals surface area contributed by atoms with E-state index >= 15 is 4.39 Å². The van der Waals surface area contributed by atoms with Crippen molar-refractivity contribution < 1.29 is 31.8 Å². The predicted molar refractivity (Wildman–Crippen MR) is 119 cm³/mol. The quantitative estimate of drug-likeness (QED) is 0.297. The lowest BCUT2D eigenvalue weighted by Gasteiger charge is -2.19. The summed E-state index contributed by atoms with van der Waals surface area (Å²) in [6, 6.07) is 2.97. The molecule has 0 bridgehead atoms. The predicted octanol–water partition coefficient (Wildman–Crippen LogP) is 4.75. The zero-order valence-corrected chi connectivity index (χ0v) is 19.7. The number of aromatic nitrogens is 5. The van der Waals surface area contributed by atoms with Crippen LogP contribution in [0.2, 0.25) is 5.15 Å². The zero-order valence-electron chi connectivity index (χ0n) is 18.9. The van der Waals surface area contributed by atoms with Gasteiger partial charge in [-0.15, -0.1) is 13.2 Å². The van der Waals surface area contributed by atoms with Gasteiger partial charge in [-0.25, -0.2) is 19.2 Å². The molecular weight excluding hydrogens is 510 g/mol. The summed E-state index contributed by atoms with van der Waals surface area (Å²) >= 11 is 6.04. The molecule has 3 heterocycles. The molecular formula is C21H22ClF4N7O3. The minimum Gasteiger partial charge on any atom is -0.443 e. The molecule has 0 saturated heterocycles. The molecule has 1 amide bonds. The van der Waals surface area contributed by atoms with E-state index in [1.807, 2.05) is 6.92 Å². The van der Waals surface area contributed by atoms with E-state index in [1.165, 1.54) is 16.7 Å². The Balaban J connectivity index is 1.26. The van der Waals surface area contributed by atoms with E-state index in [-0.39, 0.29) is 33.8 Å². The Kier molecular flexibility index (Phi) is 6.19. The third-order valence-electron chi connectivity index (χ3n) is 6.26. The van der Waals surface area contributed by atoms with Crippen molar-refractivity contribution in [2.45, 2.75) is 69.3 Å². The first kappa shape index (κ1) is 24.6. The molecule has 3 N–H and O–H groups in total. The summed E-state index contributed by atoms with van der Waals surface area (Å²) in [5.41, 5.74) is 0.492. The number of hydrogen-bond donors (Lipinski definition) is 3. The van der Waals surface area contributed by atoms with Gasteiger partial charge in [-0.1, -0.05) is 11.6 Å². The van der Waals surface area contributed by atoms with Crippen LogP contribution in [-0.4, -0.2) is 54.8 Å². The van der Waals surface area contributed by atoms with Crippen LogP contribution in [0.4, 0.5) is 34.1 Å². The second-order valence-electron chi connectivity index (χ2n) is 9.19. The van der Waals surface area contributed by atoms with Crippen LogP contribution < -0.4 is 10.6 Å². The number of nitrogens with one attached hydrogen (secondary N) is 3. The number of carbonyl (C=O) groups excluding carboxylic acids is 1. The topological polar surface area (TPSA) is 118 Å². The number of anilines is 2. The fourth-order valence-corrected chi connectivity index (χ4v) is 4.30. The van der Waals surface area contributed by atoms with Gasteiger partial charge in [0.15, 0.2) is 5.82 Å². The van der Waals surface area contributed by atoms with Crippen LogP contribution in [0, 0.1) is 0 Å². The summed E-state index contributed by atoms with van der Waals surface area (Å²) in [6.45, 7) is 1.12. The molecule has 0 unspecified atom stereocenters. The Bertz CT molecular complexity index is 1280. The number of fused-ring (bicyclic) bond motifs is 1. The van der Waals surface area contributed by atoms with E-state index in [9.17, 15) is 18.0 Å². The largest absolute Gasteiger partial charge is 0.522 e. The van der Waals surface area contributed by atoms with Crippen LogP contribution in [-0.2, 0) is 16.1 Å². The highest BCUT2D eigenvalue weighted by Crippen LogP contribution is 2.39. The molecule has 3 aromatic rings. The molecule has 0 aromatic carbocycles. The number of alkyl carbamates (subject to hydrolysis) is 1. The van der Waals surface area contributed by atoms with Gasteiger partial charge in [-0.05, 0) is 32.6 Å². The van der Waals surface area contributed by atoms with Gasteiger partial charge in [0.25, 0.3) is 0 Å². The van der Waals surface area contributed by atoms with Crippen molar-refractivity contribution in [3.05, 3.63) is 34.9 Å². The van der Waals surface area contributed by atoms with E-state index < -0.39 is 37.3 Å². The maximum atomic E-state index is 15.1. The normalized spacial score (nSPS) is 23.1. The third-order valence-corrected chi connectivity index (χ3v) is 6.45. The first-order chi connectivity index (χ1) is 17.0. The average Bonchev–Trinajstić information content (AvgIpc) is 3.12. The number of ether oxygens (including phenoxy) is 2. The van der Waals surface area contributed by atoms with Gasteiger partial charge < -0.3 is 15.4 Å². The number of H-pyrrole nitrogens is 1. The zero-order chi connectivity index (χ0) is 25.7. The molecule has 2 aliphatic carbocycles.